The summed E-state index contributed by atoms with van der Waals surface area (Å²) in [6, 6.07) is 11.1. The number of nitrogens with zero attached hydrogens (tertiary/aromatic N) is 3. The molecule has 0 amide bonds. The average molecular weight is 480 g/mol. The van der Waals surface area contributed by atoms with E-state index in [1.54, 1.807) is 52.2 Å². The van der Waals surface area contributed by atoms with Gasteiger partial charge in [0.25, 0.3) is 5.56 Å². The van der Waals surface area contributed by atoms with Crippen LogP contribution in [0.1, 0.15) is 65.4 Å². The van der Waals surface area contributed by atoms with Gasteiger partial charge in [-0.3, -0.25) is 14.3 Å². The number of nitrogens with one attached hydrogen (secondary N) is 2. The summed E-state index contributed by atoms with van der Waals surface area (Å²) in [5.41, 5.74) is 0.732. The first-order valence-corrected chi connectivity index (χ1v) is 11.9. The third kappa shape index (κ3) is 6.68. The predicted molar refractivity (Wildman–Crippen MR) is 140 cm³/mol. The van der Waals surface area contributed by atoms with E-state index < -0.39 is 11.2 Å². The fourth-order valence-electron chi connectivity index (χ4n) is 3.90. The summed E-state index contributed by atoms with van der Waals surface area (Å²) < 4.78 is 1.50. The lowest BCUT2D eigenvalue weighted by Crippen LogP contribution is -2.27. The highest BCUT2D eigenvalue weighted by molar-refractivity contribution is 5.51. The number of hydrogen-bond donors (Lipinski definition) is 4. The van der Waals surface area contributed by atoms with Crippen LogP contribution in [-0.4, -0.2) is 36.8 Å². The SMILES string of the molecule is CC(C)Nc1cccn(-c2cc(CC(C)Nc3cccnc3C(C)(C)O)cc(C(C)(C)O)n2)c1=O. The molecule has 1 unspecified atom stereocenters. The number of hydrogen-bond acceptors (Lipinski definition) is 7. The molecule has 1 atom stereocenters. The minimum Gasteiger partial charge on any atom is -0.384 e. The molecule has 35 heavy (non-hydrogen) atoms. The summed E-state index contributed by atoms with van der Waals surface area (Å²) in [6.07, 6.45) is 3.94. The Balaban J connectivity index is 1.98. The Hall–Kier alpha value is -3.23. The first kappa shape index (κ1) is 26.4. The van der Waals surface area contributed by atoms with E-state index in [1.165, 1.54) is 4.57 Å². The van der Waals surface area contributed by atoms with Gasteiger partial charge in [0.15, 0.2) is 0 Å². The molecule has 8 nitrogen and oxygen atoms in total. The van der Waals surface area contributed by atoms with Gasteiger partial charge in [0, 0.05) is 24.5 Å². The van der Waals surface area contributed by atoms with Gasteiger partial charge in [0.1, 0.15) is 22.7 Å². The van der Waals surface area contributed by atoms with E-state index in [4.69, 9.17) is 0 Å². The second kappa shape index (κ2) is 10.2. The van der Waals surface area contributed by atoms with Crippen molar-refractivity contribution in [3.05, 3.63) is 76.1 Å². The van der Waals surface area contributed by atoms with Gasteiger partial charge in [0.05, 0.1) is 17.1 Å². The number of aromatic nitrogens is 3. The van der Waals surface area contributed by atoms with Crippen LogP contribution in [0.5, 0.6) is 0 Å². The van der Waals surface area contributed by atoms with Crippen molar-refractivity contribution in [2.24, 2.45) is 0 Å². The highest BCUT2D eigenvalue weighted by Crippen LogP contribution is 2.27. The van der Waals surface area contributed by atoms with Crippen molar-refractivity contribution < 1.29 is 10.2 Å². The molecule has 0 saturated carbocycles. The second-order valence-electron chi connectivity index (χ2n) is 10.4. The van der Waals surface area contributed by atoms with Crippen molar-refractivity contribution in [1.82, 2.24) is 14.5 Å². The van der Waals surface area contributed by atoms with E-state index in [1.807, 2.05) is 45.0 Å². The Morgan fingerprint density at radius 2 is 1.66 bits per heavy atom. The molecule has 3 rings (SSSR count). The van der Waals surface area contributed by atoms with Crippen LogP contribution in [0, 0.1) is 0 Å². The summed E-state index contributed by atoms with van der Waals surface area (Å²) in [5, 5.41) is 27.8. The van der Waals surface area contributed by atoms with Crippen LogP contribution in [0.15, 0.2) is 53.6 Å². The molecule has 3 aromatic heterocycles. The number of pyridine rings is 3. The molecule has 0 radical (unpaired) electrons. The normalized spacial score (nSPS) is 13.1. The average Bonchev–Trinajstić information content (AvgIpc) is 2.73. The lowest BCUT2D eigenvalue weighted by atomic mass is 9.99. The van der Waals surface area contributed by atoms with Crippen molar-refractivity contribution in [1.29, 1.82) is 0 Å². The summed E-state index contributed by atoms with van der Waals surface area (Å²) in [4.78, 5) is 22.1. The molecular formula is C27H37N5O3. The molecule has 3 heterocycles. The standard InChI is InChI=1S/C27H37N5O3/c1-17(2)29-21-11-9-13-32(25(21)33)23-16-19(15-22(31-23)26(4,5)34)14-18(3)30-20-10-8-12-28-24(20)27(6,7)35/h8-13,15-18,29-30,34-35H,14H2,1-7H3. The lowest BCUT2D eigenvalue weighted by molar-refractivity contribution is 0.0734. The predicted octanol–water partition coefficient (Wildman–Crippen LogP) is 3.95. The van der Waals surface area contributed by atoms with Crippen LogP contribution in [0.2, 0.25) is 0 Å². The van der Waals surface area contributed by atoms with Gasteiger partial charge < -0.3 is 20.8 Å². The first-order valence-electron chi connectivity index (χ1n) is 11.9. The molecule has 0 aromatic carbocycles. The van der Waals surface area contributed by atoms with Gasteiger partial charge in [-0.05, 0) is 96.8 Å². The molecule has 0 aliphatic carbocycles. The van der Waals surface area contributed by atoms with Crippen LogP contribution in [-0.2, 0) is 17.6 Å². The fourth-order valence-corrected chi connectivity index (χ4v) is 3.90. The summed E-state index contributed by atoms with van der Waals surface area (Å²) >= 11 is 0. The molecule has 0 fully saturated rings. The Morgan fingerprint density at radius 1 is 0.971 bits per heavy atom. The quantitative estimate of drug-likeness (QED) is 0.368. The van der Waals surface area contributed by atoms with Gasteiger partial charge in [-0.15, -0.1) is 0 Å². The Labute approximate surface area is 207 Å². The molecule has 8 heteroatoms. The summed E-state index contributed by atoms with van der Waals surface area (Å²) in [6.45, 7) is 12.7. The third-order valence-corrected chi connectivity index (χ3v) is 5.47. The smallest absolute Gasteiger partial charge is 0.279 e. The molecule has 0 bridgehead atoms. The minimum absolute atomic E-state index is 0.0316. The highest BCUT2D eigenvalue weighted by atomic mass is 16.3. The van der Waals surface area contributed by atoms with Crippen LogP contribution < -0.4 is 16.2 Å². The maximum atomic E-state index is 13.1. The first-order chi connectivity index (χ1) is 16.3. The van der Waals surface area contributed by atoms with Crippen LogP contribution in [0.3, 0.4) is 0 Å². The van der Waals surface area contributed by atoms with E-state index in [-0.39, 0.29) is 17.6 Å². The maximum absolute atomic E-state index is 13.1. The monoisotopic (exact) mass is 479 g/mol. The van der Waals surface area contributed by atoms with E-state index in [0.717, 1.165) is 11.3 Å². The zero-order valence-corrected chi connectivity index (χ0v) is 21.6. The zero-order valence-electron chi connectivity index (χ0n) is 21.6. The van der Waals surface area contributed by atoms with E-state index in [2.05, 4.69) is 20.6 Å². The molecule has 0 spiro atoms. The molecular weight excluding hydrogens is 442 g/mol. The number of anilines is 2. The van der Waals surface area contributed by atoms with Crippen LogP contribution in [0.25, 0.3) is 5.82 Å². The zero-order chi connectivity index (χ0) is 26.0. The molecule has 4 N–H and O–H groups in total. The Bertz CT molecular complexity index is 1220. The molecule has 0 aliphatic rings. The van der Waals surface area contributed by atoms with E-state index >= 15 is 0 Å². The van der Waals surface area contributed by atoms with Crippen molar-refractivity contribution in [2.75, 3.05) is 10.6 Å². The fraction of sp³-hybridized carbons (Fsp3) is 0.444. The van der Waals surface area contributed by atoms with Gasteiger partial charge in [-0.2, -0.15) is 0 Å². The van der Waals surface area contributed by atoms with E-state index in [0.29, 0.717) is 29.3 Å². The van der Waals surface area contributed by atoms with Crippen molar-refractivity contribution in [3.63, 3.8) is 0 Å². The molecule has 0 saturated heterocycles. The van der Waals surface area contributed by atoms with Crippen molar-refractivity contribution in [3.8, 4) is 5.82 Å². The maximum Gasteiger partial charge on any atom is 0.279 e. The van der Waals surface area contributed by atoms with Crippen LogP contribution >= 0.6 is 0 Å². The number of aliphatic hydroxyl groups is 2. The molecule has 0 aliphatic heterocycles. The topological polar surface area (TPSA) is 112 Å². The van der Waals surface area contributed by atoms with Gasteiger partial charge >= 0.3 is 0 Å². The third-order valence-electron chi connectivity index (χ3n) is 5.47. The van der Waals surface area contributed by atoms with Gasteiger partial charge in [-0.25, -0.2) is 4.98 Å². The number of rotatable bonds is 9. The highest BCUT2D eigenvalue weighted by Gasteiger charge is 2.23. The Morgan fingerprint density at radius 3 is 2.29 bits per heavy atom. The Kier molecular flexibility index (Phi) is 7.67. The summed E-state index contributed by atoms with van der Waals surface area (Å²) in [5.74, 6) is 0.447. The largest absolute Gasteiger partial charge is 0.384 e. The van der Waals surface area contributed by atoms with Gasteiger partial charge in [-0.1, -0.05) is 0 Å². The van der Waals surface area contributed by atoms with Crippen LogP contribution in [0.4, 0.5) is 11.4 Å². The lowest BCUT2D eigenvalue weighted by Gasteiger charge is -2.24. The van der Waals surface area contributed by atoms with Crippen molar-refractivity contribution >= 4 is 11.4 Å². The molecule has 3 aromatic rings. The molecule has 188 valence electrons. The summed E-state index contributed by atoms with van der Waals surface area (Å²) in [7, 11) is 0. The van der Waals surface area contributed by atoms with Crippen molar-refractivity contribution in [2.45, 2.75) is 78.2 Å². The van der Waals surface area contributed by atoms with Gasteiger partial charge in [0.2, 0.25) is 0 Å². The second-order valence-corrected chi connectivity index (χ2v) is 10.4. The van der Waals surface area contributed by atoms with E-state index in [9.17, 15) is 15.0 Å². The minimum atomic E-state index is -1.18.